The van der Waals surface area contributed by atoms with Crippen molar-refractivity contribution < 1.29 is 0 Å². The summed E-state index contributed by atoms with van der Waals surface area (Å²) in [5.41, 5.74) is 28.7. The molecule has 0 saturated carbocycles. The fourth-order valence-electron chi connectivity index (χ4n) is 0. The summed E-state index contributed by atoms with van der Waals surface area (Å²) >= 11 is 0. The summed E-state index contributed by atoms with van der Waals surface area (Å²) in [4.78, 5) is 0. The molecule has 0 saturated heterocycles. The standard InChI is InChI=1S/2C2H7N3.6HI/c2*3-1-2(4)5;;;;;;/h2*1H,3-5H2;6*1H. The van der Waals surface area contributed by atoms with Crippen molar-refractivity contribution in [1.29, 1.82) is 0 Å². The highest BCUT2D eigenvalue weighted by Gasteiger charge is 1.60. The molecule has 0 spiro atoms. The van der Waals surface area contributed by atoms with Crippen molar-refractivity contribution in [3.63, 3.8) is 0 Å². The fourth-order valence-corrected chi connectivity index (χ4v) is 0. The number of nitrogens with two attached hydrogens (primary N) is 6. The Bertz CT molecular complexity index is 117. The zero-order chi connectivity index (χ0) is 8.57. The average Bonchev–Trinajstić information content (AvgIpc) is 1.89. The summed E-state index contributed by atoms with van der Waals surface area (Å²) in [6.45, 7) is 0. The number of halogens is 6. The molecule has 0 amide bonds. The lowest BCUT2D eigenvalue weighted by molar-refractivity contribution is 1.22. The first-order valence-electron chi connectivity index (χ1n) is 2.40. The third-order valence-corrected chi connectivity index (χ3v) is 0.385. The molecule has 12 heteroatoms. The molecule has 0 heterocycles. The summed E-state index contributed by atoms with van der Waals surface area (Å²) in [6, 6.07) is 0. The molecule has 0 aromatic carbocycles. The van der Waals surface area contributed by atoms with Gasteiger partial charge in [0, 0.05) is 12.4 Å². The molecule has 0 fully saturated rings. The Balaban J connectivity index is -0.00000000970. The molecule has 0 unspecified atom stereocenters. The third-order valence-electron chi connectivity index (χ3n) is 0.385. The minimum atomic E-state index is 0. The SMILES string of the molecule is I.I.I.I.I.I.NC=C(N)N.NC=C(N)N. The normalized spacial score (nSPS) is 4.00. The maximum atomic E-state index is 4.81. The molecule has 0 aliphatic heterocycles. The van der Waals surface area contributed by atoms with Gasteiger partial charge in [-0.1, -0.05) is 0 Å². The number of hydrogen-bond donors (Lipinski definition) is 6. The van der Waals surface area contributed by atoms with Crippen LogP contribution in [0.2, 0.25) is 0 Å². The van der Waals surface area contributed by atoms with E-state index < -0.39 is 0 Å². The van der Waals surface area contributed by atoms with E-state index in [0.29, 0.717) is 0 Å². The molecule has 16 heavy (non-hydrogen) atoms. The van der Waals surface area contributed by atoms with Crippen LogP contribution in [0.15, 0.2) is 24.0 Å². The maximum absolute atomic E-state index is 4.81. The van der Waals surface area contributed by atoms with Crippen LogP contribution in [-0.4, -0.2) is 0 Å². The number of rotatable bonds is 0. The quantitative estimate of drug-likeness (QED) is 0.200. The molecule has 0 rings (SSSR count). The van der Waals surface area contributed by atoms with E-state index >= 15 is 0 Å². The molecule has 0 atom stereocenters. The third kappa shape index (κ3) is 92.1. The van der Waals surface area contributed by atoms with Crippen molar-refractivity contribution in [3.8, 4) is 0 Å². The van der Waals surface area contributed by atoms with Gasteiger partial charge in [0.2, 0.25) is 0 Å². The van der Waals surface area contributed by atoms with E-state index in [4.69, 9.17) is 34.4 Å². The molecule has 0 aliphatic carbocycles. The lowest BCUT2D eigenvalue weighted by Gasteiger charge is -1.78. The molecule has 0 aromatic heterocycles. The first-order valence-corrected chi connectivity index (χ1v) is 2.40. The van der Waals surface area contributed by atoms with Crippen LogP contribution in [0.4, 0.5) is 0 Å². The van der Waals surface area contributed by atoms with Gasteiger partial charge in [0.15, 0.2) is 0 Å². The zero-order valence-electron chi connectivity index (χ0n) is 8.07. The lowest BCUT2D eigenvalue weighted by Crippen LogP contribution is -2.09. The van der Waals surface area contributed by atoms with Gasteiger partial charge in [-0.3, -0.25) is 0 Å². The Morgan fingerprint density at radius 2 is 0.562 bits per heavy atom. The number of hydrogen-bond acceptors (Lipinski definition) is 6. The summed E-state index contributed by atoms with van der Waals surface area (Å²) in [7, 11) is 0. The first kappa shape index (κ1) is 51.2. The van der Waals surface area contributed by atoms with Crippen molar-refractivity contribution in [2.75, 3.05) is 0 Å². The Morgan fingerprint density at radius 1 is 0.500 bits per heavy atom. The molecular weight excluding hydrogens is 894 g/mol. The molecular formula is C4H20I6N6. The maximum Gasteiger partial charge on any atom is 0.109 e. The second-order valence-corrected chi connectivity index (χ2v) is 1.33. The Kier molecular flexibility index (Phi) is 138. The highest BCUT2D eigenvalue weighted by atomic mass is 127. The van der Waals surface area contributed by atoms with E-state index in [0.717, 1.165) is 12.4 Å². The van der Waals surface area contributed by atoms with Gasteiger partial charge in [-0.2, -0.15) is 0 Å². The monoisotopic (exact) mass is 914 g/mol. The van der Waals surface area contributed by atoms with E-state index in [1.807, 2.05) is 0 Å². The molecule has 0 aromatic rings. The minimum Gasteiger partial charge on any atom is -0.402 e. The topological polar surface area (TPSA) is 156 Å². The Hall–Kier alpha value is 2.66. The molecule has 0 bridgehead atoms. The van der Waals surface area contributed by atoms with Gasteiger partial charge < -0.3 is 34.4 Å². The second kappa shape index (κ2) is 43.1. The van der Waals surface area contributed by atoms with E-state index in [1.165, 1.54) is 0 Å². The molecule has 0 radical (unpaired) electrons. The highest BCUT2D eigenvalue weighted by molar-refractivity contribution is 14.0. The summed E-state index contributed by atoms with van der Waals surface area (Å²) in [5, 5.41) is 0. The van der Waals surface area contributed by atoms with Crippen molar-refractivity contribution in [3.05, 3.63) is 24.0 Å². The molecule has 6 nitrogen and oxygen atoms in total. The van der Waals surface area contributed by atoms with E-state index in [1.54, 1.807) is 0 Å². The van der Waals surface area contributed by atoms with Crippen LogP contribution in [0, 0.1) is 0 Å². The Morgan fingerprint density at radius 3 is 0.562 bits per heavy atom. The van der Waals surface area contributed by atoms with Gasteiger partial charge in [0.25, 0.3) is 0 Å². The predicted octanol–water partition coefficient (Wildman–Crippen LogP) is 1.03. The van der Waals surface area contributed by atoms with Crippen molar-refractivity contribution in [2.45, 2.75) is 0 Å². The smallest absolute Gasteiger partial charge is 0.109 e. The van der Waals surface area contributed by atoms with E-state index in [9.17, 15) is 0 Å². The van der Waals surface area contributed by atoms with Gasteiger partial charge in [-0.05, 0) is 0 Å². The summed E-state index contributed by atoms with van der Waals surface area (Å²) in [5.74, 6) is 0.315. The zero-order valence-corrected chi connectivity index (χ0v) is 22.1. The van der Waals surface area contributed by atoms with Crippen LogP contribution in [0.3, 0.4) is 0 Å². The van der Waals surface area contributed by atoms with Crippen molar-refractivity contribution >= 4 is 144 Å². The molecule has 12 N–H and O–H groups in total. The lowest BCUT2D eigenvalue weighted by atomic mass is 10.8. The second-order valence-electron chi connectivity index (χ2n) is 1.33. The molecule has 0 aliphatic rings. The van der Waals surface area contributed by atoms with Crippen LogP contribution in [0.1, 0.15) is 0 Å². The van der Waals surface area contributed by atoms with Gasteiger partial charge in [-0.25, -0.2) is 0 Å². The van der Waals surface area contributed by atoms with Crippen LogP contribution < -0.4 is 34.4 Å². The Labute approximate surface area is 198 Å². The van der Waals surface area contributed by atoms with Crippen LogP contribution in [-0.2, 0) is 0 Å². The van der Waals surface area contributed by atoms with E-state index in [2.05, 4.69) is 0 Å². The van der Waals surface area contributed by atoms with Crippen LogP contribution in [0.25, 0.3) is 0 Å². The van der Waals surface area contributed by atoms with Crippen LogP contribution in [0.5, 0.6) is 0 Å². The van der Waals surface area contributed by atoms with Crippen molar-refractivity contribution in [2.24, 2.45) is 34.4 Å². The van der Waals surface area contributed by atoms with Gasteiger partial charge in [0.1, 0.15) is 11.6 Å². The summed E-state index contributed by atoms with van der Waals surface area (Å²) < 4.78 is 0. The predicted molar refractivity (Wildman–Crippen MR) is 134 cm³/mol. The fraction of sp³-hybridized carbons (Fsp3) is 0. The summed E-state index contributed by atoms with van der Waals surface area (Å²) in [6.07, 6.45) is 2.28. The van der Waals surface area contributed by atoms with Gasteiger partial charge in [0.05, 0.1) is 0 Å². The van der Waals surface area contributed by atoms with Crippen molar-refractivity contribution in [1.82, 2.24) is 0 Å². The molecule has 108 valence electrons. The largest absolute Gasteiger partial charge is 0.402 e. The average molecular weight is 914 g/mol. The minimum absolute atomic E-state index is 0. The highest BCUT2D eigenvalue weighted by Crippen LogP contribution is 1.49. The van der Waals surface area contributed by atoms with E-state index in [-0.39, 0.29) is 156 Å². The van der Waals surface area contributed by atoms with Crippen LogP contribution >= 0.6 is 144 Å². The van der Waals surface area contributed by atoms with Gasteiger partial charge in [-0.15, -0.1) is 144 Å². The first-order chi connectivity index (χ1) is 4.54. The van der Waals surface area contributed by atoms with Gasteiger partial charge >= 0.3 is 0 Å².